The number of rotatable bonds is 5. The van der Waals surface area contributed by atoms with E-state index in [2.05, 4.69) is 18.0 Å². The van der Waals surface area contributed by atoms with Crippen molar-refractivity contribution in [1.29, 1.82) is 0 Å². The number of fused-ring (bicyclic) bond motifs is 1. The highest BCUT2D eigenvalue weighted by molar-refractivity contribution is 6.01. The minimum absolute atomic E-state index is 0.0398. The molecule has 0 atom stereocenters. The summed E-state index contributed by atoms with van der Waals surface area (Å²) in [6.07, 6.45) is 3.50. The third-order valence-electron chi connectivity index (χ3n) is 6.23. The van der Waals surface area contributed by atoms with Crippen molar-refractivity contribution in [1.82, 2.24) is 9.80 Å². The normalized spacial score (nSPS) is 15.3. The lowest BCUT2D eigenvalue weighted by atomic mass is 9.96. The van der Waals surface area contributed by atoms with Crippen LogP contribution in [0.5, 0.6) is 11.5 Å². The molecule has 168 valence electrons. The van der Waals surface area contributed by atoms with E-state index in [1.165, 1.54) is 0 Å². The van der Waals surface area contributed by atoms with Gasteiger partial charge in [0.05, 0.1) is 20.5 Å². The van der Waals surface area contributed by atoms with Crippen LogP contribution < -0.4 is 9.47 Å². The Kier molecular flexibility index (Phi) is 6.24. The molecule has 1 amide bonds. The van der Waals surface area contributed by atoms with Crippen molar-refractivity contribution in [2.45, 2.75) is 13.8 Å². The Labute approximate surface area is 189 Å². The van der Waals surface area contributed by atoms with Crippen molar-refractivity contribution in [2.24, 2.45) is 0 Å². The first-order valence-corrected chi connectivity index (χ1v) is 10.8. The van der Waals surface area contributed by atoms with Gasteiger partial charge in [-0.15, -0.1) is 0 Å². The number of amides is 1. The van der Waals surface area contributed by atoms with Gasteiger partial charge in [0.1, 0.15) is 17.1 Å². The fourth-order valence-electron chi connectivity index (χ4n) is 4.25. The first-order valence-electron chi connectivity index (χ1n) is 10.8. The first-order chi connectivity index (χ1) is 15.4. The molecule has 0 saturated carbocycles. The average molecular weight is 435 g/mol. The molecule has 32 heavy (non-hydrogen) atoms. The lowest BCUT2D eigenvalue weighted by molar-refractivity contribution is -0.127. The molecule has 1 aliphatic heterocycles. The molecule has 0 spiro atoms. The average Bonchev–Trinajstić information content (AvgIpc) is 3.23. The largest absolute Gasteiger partial charge is 0.497 e. The van der Waals surface area contributed by atoms with Gasteiger partial charge in [-0.2, -0.15) is 0 Å². The molecule has 3 aromatic rings. The van der Waals surface area contributed by atoms with E-state index in [-0.39, 0.29) is 5.91 Å². The number of allylic oxidation sites excluding steroid dienone is 1. The maximum atomic E-state index is 12.9. The van der Waals surface area contributed by atoms with Crippen LogP contribution in [0, 0.1) is 6.92 Å². The van der Waals surface area contributed by atoms with Gasteiger partial charge in [0, 0.05) is 54.3 Å². The molecule has 2 aromatic carbocycles. The van der Waals surface area contributed by atoms with Gasteiger partial charge >= 0.3 is 0 Å². The highest BCUT2D eigenvalue weighted by Crippen LogP contribution is 2.40. The Balaban J connectivity index is 1.75. The molecular weight excluding hydrogens is 404 g/mol. The zero-order valence-electron chi connectivity index (χ0n) is 19.4. The van der Waals surface area contributed by atoms with E-state index >= 15 is 0 Å². The molecule has 6 heteroatoms. The number of nitrogens with zero attached hydrogens (tertiary/aromatic N) is 2. The SMILES string of the molecule is COc1ccc(-c2coc3c(C)c(OC)c(/C(C)=C/C(=O)N4CCN(C)CC4)cc23)cc1. The number of aryl methyl sites for hydroxylation is 1. The van der Waals surface area contributed by atoms with Crippen molar-refractivity contribution < 1.29 is 18.7 Å². The molecule has 1 aliphatic rings. The van der Waals surface area contributed by atoms with Crippen LogP contribution in [0.4, 0.5) is 0 Å². The first kappa shape index (κ1) is 22.0. The van der Waals surface area contributed by atoms with E-state index < -0.39 is 0 Å². The zero-order valence-corrected chi connectivity index (χ0v) is 19.4. The highest BCUT2D eigenvalue weighted by Gasteiger charge is 2.21. The fourth-order valence-corrected chi connectivity index (χ4v) is 4.25. The third-order valence-corrected chi connectivity index (χ3v) is 6.23. The number of benzene rings is 2. The summed E-state index contributed by atoms with van der Waals surface area (Å²) in [6, 6.07) is 9.97. The molecule has 0 bridgehead atoms. The second-order valence-electron chi connectivity index (χ2n) is 8.29. The molecule has 6 nitrogen and oxygen atoms in total. The molecule has 0 aliphatic carbocycles. The number of hydrogen-bond donors (Lipinski definition) is 0. The lowest BCUT2D eigenvalue weighted by Crippen LogP contribution is -2.46. The number of ether oxygens (including phenoxy) is 2. The van der Waals surface area contributed by atoms with Crippen LogP contribution in [0.15, 0.2) is 47.1 Å². The smallest absolute Gasteiger partial charge is 0.246 e. The van der Waals surface area contributed by atoms with Crippen molar-refractivity contribution >= 4 is 22.4 Å². The van der Waals surface area contributed by atoms with Crippen molar-refractivity contribution in [3.8, 4) is 22.6 Å². The Morgan fingerprint density at radius 1 is 1.06 bits per heavy atom. The Bertz CT molecular complexity index is 1150. The summed E-state index contributed by atoms with van der Waals surface area (Å²) in [5.74, 6) is 1.58. The van der Waals surface area contributed by atoms with Crippen LogP contribution >= 0.6 is 0 Å². The minimum atomic E-state index is 0.0398. The number of carbonyl (C=O) groups is 1. The van der Waals surface area contributed by atoms with E-state index in [1.54, 1.807) is 26.6 Å². The van der Waals surface area contributed by atoms with Crippen LogP contribution in [-0.2, 0) is 4.79 Å². The van der Waals surface area contributed by atoms with E-state index in [0.717, 1.165) is 76.5 Å². The predicted octanol–water partition coefficient (Wildman–Crippen LogP) is 4.60. The van der Waals surface area contributed by atoms with Crippen molar-refractivity contribution in [3.05, 3.63) is 53.8 Å². The van der Waals surface area contributed by atoms with Crippen LogP contribution in [-0.4, -0.2) is 63.2 Å². The minimum Gasteiger partial charge on any atom is -0.497 e. The summed E-state index contributed by atoms with van der Waals surface area (Å²) >= 11 is 0. The number of piperazine rings is 1. The van der Waals surface area contributed by atoms with Crippen LogP contribution in [0.25, 0.3) is 27.7 Å². The summed E-state index contributed by atoms with van der Waals surface area (Å²) in [6.45, 7) is 7.24. The van der Waals surface area contributed by atoms with Gasteiger partial charge in [-0.25, -0.2) is 0 Å². The number of furan rings is 1. The van der Waals surface area contributed by atoms with Gasteiger partial charge in [0.15, 0.2) is 0 Å². The van der Waals surface area contributed by atoms with E-state index in [4.69, 9.17) is 13.9 Å². The molecular formula is C26H30N2O4. The number of methoxy groups -OCH3 is 2. The number of likely N-dealkylation sites (N-methyl/N-ethyl adjacent to an activating group) is 1. The molecule has 0 unspecified atom stereocenters. The molecule has 0 N–H and O–H groups in total. The molecule has 0 radical (unpaired) electrons. The summed E-state index contributed by atoms with van der Waals surface area (Å²) in [5.41, 5.74) is 5.51. The highest BCUT2D eigenvalue weighted by atomic mass is 16.5. The number of hydrogen-bond acceptors (Lipinski definition) is 5. The molecule has 2 heterocycles. The van der Waals surface area contributed by atoms with Crippen LogP contribution in [0.1, 0.15) is 18.1 Å². The second-order valence-corrected chi connectivity index (χ2v) is 8.29. The summed E-state index contributed by atoms with van der Waals surface area (Å²) in [5, 5.41) is 0.989. The third kappa shape index (κ3) is 4.10. The molecule has 1 fully saturated rings. The summed E-state index contributed by atoms with van der Waals surface area (Å²) < 4.78 is 17.0. The van der Waals surface area contributed by atoms with Gasteiger partial charge < -0.3 is 23.7 Å². The van der Waals surface area contributed by atoms with E-state index in [1.807, 2.05) is 43.0 Å². The Hall–Kier alpha value is -3.25. The Morgan fingerprint density at radius 2 is 1.75 bits per heavy atom. The lowest BCUT2D eigenvalue weighted by Gasteiger charge is -2.31. The summed E-state index contributed by atoms with van der Waals surface area (Å²) in [4.78, 5) is 17.0. The monoisotopic (exact) mass is 434 g/mol. The fraction of sp³-hybridized carbons (Fsp3) is 0.346. The predicted molar refractivity (Wildman–Crippen MR) is 127 cm³/mol. The Morgan fingerprint density at radius 3 is 2.38 bits per heavy atom. The van der Waals surface area contributed by atoms with Gasteiger partial charge in [0.2, 0.25) is 5.91 Å². The van der Waals surface area contributed by atoms with Crippen molar-refractivity contribution in [2.75, 3.05) is 47.4 Å². The quantitative estimate of drug-likeness (QED) is 0.549. The summed E-state index contributed by atoms with van der Waals surface area (Å²) in [7, 11) is 5.39. The topological polar surface area (TPSA) is 55.2 Å². The number of carbonyl (C=O) groups excluding carboxylic acids is 1. The zero-order chi connectivity index (χ0) is 22.8. The van der Waals surface area contributed by atoms with Gasteiger partial charge in [0.25, 0.3) is 0 Å². The maximum absolute atomic E-state index is 12.9. The maximum Gasteiger partial charge on any atom is 0.246 e. The van der Waals surface area contributed by atoms with Gasteiger partial charge in [-0.3, -0.25) is 4.79 Å². The standard InChI is InChI=1S/C26H30N2O4/c1-17(14-24(29)28-12-10-27(3)11-13-28)21-15-22-23(19-6-8-20(30-4)9-7-19)16-32-26(22)18(2)25(21)31-5/h6-9,14-16H,10-13H2,1-5H3/b17-14+. The van der Waals surface area contributed by atoms with E-state index in [0.29, 0.717) is 0 Å². The molecule has 1 aromatic heterocycles. The second kappa shape index (κ2) is 9.09. The van der Waals surface area contributed by atoms with Crippen molar-refractivity contribution in [3.63, 3.8) is 0 Å². The molecule has 1 saturated heterocycles. The van der Waals surface area contributed by atoms with E-state index in [9.17, 15) is 4.79 Å². The van der Waals surface area contributed by atoms with Gasteiger partial charge in [-0.1, -0.05) is 12.1 Å². The molecule has 4 rings (SSSR count). The van der Waals surface area contributed by atoms with Crippen LogP contribution in [0.2, 0.25) is 0 Å². The van der Waals surface area contributed by atoms with Crippen LogP contribution in [0.3, 0.4) is 0 Å². The van der Waals surface area contributed by atoms with Gasteiger partial charge in [-0.05, 0) is 50.2 Å².